The maximum absolute atomic E-state index is 11.5. The Morgan fingerprint density at radius 3 is 2.71 bits per heavy atom. The Bertz CT molecular complexity index is 347. The van der Waals surface area contributed by atoms with Crippen LogP contribution in [0.4, 0.5) is 0 Å². The molecule has 1 rings (SSSR count). The van der Waals surface area contributed by atoms with E-state index in [1.54, 1.807) is 13.0 Å². The van der Waals surface area contributed by atoms with E-state index in [0.29, 0.717) is 5.56 Å². The van der Waals surface area contributed by atoms with Crippen LogP contribution in [0, 0.1) is 0 Å². The van der Waals surface area contributed by atoms with E-state index in [4.69, 9.17) is 5.11 Å². The predicted octanol–water partition coefficient (Wildman–Crippen LogP) is 1.85. The Labute approximate surface area is 90.5 Å². The van der Waals surface area contributed by atoms with Crippen molar-refractivity contribution in [3.8, 4) is 5.75 Å². The number of halogens is 1. The molecule has 0 saturated heterocycles. The first-order valence-corrected chi connectivity index (χ1v) is 5.09. The highest BCUT2D eigenvalue weighted by molar-refractivity contribution is 9.10. The van der Waals surface area contributed by atoms with Gasteiger partial charge in [-0.2, -0.15) is 0 Å². The lowest BCUT2D eigenvalue weighted by atomic mass is 10.0. The van der Waals surface area contributed by atoms with Crippen molar-refractivity contribution in [3.05, 3.63) is 29.3 Å². The molecule has 2 N–H and O–H groups in total. The number of aliphatic hydroxyl groups is 1. The molecule has 0 amide bonds. The lowest BCUT2D eigenvalue weighted by Crippen LogP contribution is -2.10. The van der Waals surface area contributed by atoms with Gasteiger partial charge in [0.1, 0.15) is 5.75 Å². The molecule has 14 heavy (non-hydrogen) atoms. The van der Waals surface area contributed by atoms with E-state index < -0.39 is 0 Å². The van der Waals surface area contributed by atoms with Gasteiger partial charge in [-0.15, -0.1) is 0 Å². The Balaban J connectivity index is 3.12. The van der Waals surface area contributed by atoms with Crippen LogP contribution >= 0.6 is 15.9 Å². The van der Waals surface area contributed by atoms with Crippen LogP contribution in [0.5, 0.6) is 5.75 Å². The predicted molar refractivity (Wildman–Crippen MR) is 56.7 cm³/mol. The number of carbonyl (C=O) groups excluding carboxylic acids is 1. The molecular formula is C10H11BrO3. The number of Topliss-reactive ketones (excluding diaryl/α,β-unsaturated/α-hetero) is 1. The normalized spacial score (nSPS) is 12.5. The van der Waals surface area contributed by atoms with Crippen molar-refractivity contribution in [2.24, 2.45) is 0 Å². The largest absolute Gasteiger partial charge is 0.507 e. The number of hydrogen-bond donors (Lipinski definition) is 2. The van der Waals surface area contributed by atoms with E-state index in [0.717, 1.165) is 0 Å². The summed E-state index contributed by atoms with van der Waals surface area (Å²) < 4.78 is 0. The molecule has 4 heteroatoms. The number of hydrogen-bond acceptors (Lipinski definition) is 3. The summed E-state index contributed by atoms with van der Waals surface area (Å²) in [5, 5.41) is 18.3. The van der Waals surface area contributed by atoms with Gasteiger partial charge in [-0.1, -0.05) is 22.0 Å². The monoisotopic (exact) mass is 258 g/mol. The van der Waals surface area contributed by atoms with Gasteiger partial charge in [-0.05, 0) is 24.6 Å². The minimum Gasteiger partial charge on any atom is -0.507 e. The van der Waals surface area contributed by atoms with Crippen LogP contribution in [0.1, 0.15) is 22.8 Å². The second-order valence-corrected chi connectivity index (χ2v) is 4.36. The topological polar surface area (TPSA) is 57.5 Å². The Morgan fingerprint density at radius 2 is 2.21 bits per heavy atom. The van der Waals surface area contributed by atoms with Crippen LogP contribution in [0.3, 0.4) is 0 Å². The lowest BCUT2D eigenvalue weighted by molar-refractivity contribution is 0.0993. The summed E-state index contributed by atoms with van der Waals surface area (Å²) in [5.74, 6) is -0.253. The fourth-order valence-electron chi connectivity index (χ4n) is 1.09. The van der Waals surface area contributed by atoms with Gasteiger partial charge < -0.3 is 10.2 Å². The van der Waals surface area contributed by atoms with Crippen molar-refractivity contribution in [3.63, 3.8) is 0 Å². The van der Waals surface area contributed by atoms with Crippen molar-refractivity contribution < 1.29 is 15.0 Å². The summed E-state index contributed by atoms with van der Waals surface area (Å²) in [7, 11) is 0. The van der Waals surface area contributed by atoms with E-state index in [1.807, 2.05) is 0 Å². The quantitative estimate of drug-likeness (QED) is 0.643. The molecule has 0 radical (unpaired) electrons. The zero-order valence-corrected chi connectivity index (χ0v) is 9.28. The fraction of sp³-hybridized carbons (Fsp3) is 0.300. The molecule has 1 unspecified atom stereocenters. The van der Waals surface area contributed by atoms with Gasteiger partial charge in [0.15, 0.2) is 5.78 Å². The van der Waals surface area contributed by atoms with Crippen LogP contribution in [-0.2, 0) is 6.61 Å². The Hall–Kier alpha value is -0.870. The van der Waals surface area contributed by atoms with Crippen molar-refractivity contribution >= 4 is 21.7 Å². The highest BCUT2D eigenvalue weighted by Crippen LogP contribution is 2.22. The molecule has 0 aromatic heterocycles. The number of rotatable bonds is 3. The van der Waals surface area contributed by atoms with Gasteiger partial charge in [0.05, 0.1) is 17.0 Å². The van der Waals surface area contributed by atoms with Crippen LogP contribution in [0.2, 0.25) is 0 Å². The van der Waals surface area contributed by atoms with E-state index in [1.165, 1.54) is 12.1 Å². The number of benzene rings is 1. The number of carbonyl (C=O) groups is 1. The fourth-order valence-corrected chi connectivity index (χ4v) is 1.34. The standard InChI is InChI=1S/C10H11BrO3/c1-6(11)10(14)8-4-7(5-12)2-3-9(8)13/h2-4,6,12-13H,5H2,1H3. The molecule has 0 aliphatic rings. The summed E-state index contributed by atoms with van der Waals surface area (Å²) in [6.07, 6.45) is 0. The molecule has 0 aliphatic heterocycles. The Kier molecular flexibility index (Phi) is 3.66. The van der Waals surface area contributed by atoms with Crippen molar-refractivity contribution in [1.82, 2.24) is 0 Å². The molecule has 76 valence electrons. The number of aromatic hydroxyl groups is 1. The third-order valence-electron chi connectivity index (χ3n) is 1.87. The van der Waals surface area contributed by atoms with Gasteiger partial charge in [0.25, 0.3) is 0 Å². The maximum Gasteiger partial charge on any atom is 0.179 e. The number of aliphatic hydroxyl groups excluding tert-OH is 1. The highest BCUT2D eigenvalue weighted by atomic mass is 79.9. The molecule has 0 saturated carbocycles. The van der Waals surface area contributed by atoms with Crippen molar-refractivity contribution in [2.75, 3.05) is 0 Å². The first-order valence-electron chi connectivity index (χ1n) is 4.17. The SMILES string of the molecule is CC(Br)C(=O)c1cc(CO)ccc1O. The second-order valence-electron chi connectivity index (χ2n) is 2.99. The van der Waals surface area contributed by atoms with E-state index in [9.17, 15) is 9.90 Å². The maximum atomic E-state index is 11.5. The summed E-state index contributed by atoms with van der Waals surface area (Å²) in [6.45, 7) is 1.55. The molecule has 0 aliphatic carbocycles. The number of ketones is 1. The van der Waals surface area contributed by atoms with Crippen molar-refractivity contribution in [1.29, 1.82) is 0 Å². The minimum atomic E-state index is -0.345. The number of phenolic OH excluding ortho intramolecular Hbond substituents is 1. The summed E-state index contributed by atoms with van der Waals surface area (Å²) in [5.41, 5.74) is 0.847. The summed E-state index contributed by atoms with van der Waals surface area (Å²) in [6, 6.07) is 4.48. The molecule has 1 aromatic rings. The minimum absolute atomic E-state index is 0.0569. The van der Waals surface area contributed by atoms with E-state index >= 15 is 0 Å². The molecule has 1 aromatic carbocycles. The zero-order valence-electron chi connectivity index (χ0n) is 7.70. The van der Waals surface area contributed by atoms with Gasteiger partial charge in [0.2, 0.25) is 0 Å². The van der Waals surface area contributed by atoms with E-state index in [-0.39, 0.29) is 28.5 Å². The van der Waals surface area contributed by atoms with Gasteiger partial charge in [-0.25, -0.2) is 0 Å². The average Bonchev–Trinajstić information content (AvgIpc) is 2.17. The third-order valence-corrected chi connectivity index (χ3v) is 2.29. The van der Waals surface area contributed by atoms with E-state index in [2.05, 4.69) is 15.9 Å². The molecule has 0 heterocycles. The smallest absolute Gasteiger partial charge is 0.179 e. The third kappa shape index (κ3) is 2.33. The first-order chi connectivity index (χ1) is 6.56. The zero-order chi connectivity index (χ0) is 10.7. The first kappa shape index (κ1) is 11.2. The van der Waals surface area contributed by atoms with Gasteiger partial charge in [-0.3, -0.25) is 4.79 Å². The second kappa shape index (κ2) is 4.57. The Morgan fingerprint density at radius 1 is 1.57 bits per heavy atom. The van der Waals surface area contributed by atoms with Crippen LogP contribution in [0.15, 0.2) is 18.2 Å². The summed E-state index contributed by atoms with van der Waals surface area (Å²) >= 11 is 3.13. The molecule has 0 bridgehead atoms. The molecule has 3 nitrogen and oxygen atoms in total. The van der Waals surface area contributed by atoms with Crippen LogP contribution in [-0.4, -0.2) is 20.8 Å². The average molecular weight is 259 g/mol. The van der Waals surface area contributed by atoms with Gasteiger partial charge in [0, 0.05) is 0 Å². The molecular weight excluding hydrogens is 248 g/mol. The molecule has 0 spiro atoms. The molecule has 1 atom stereocenters. The summed E-state index contributed by atoms with van der Waals surface area (Å²) in [4.78, 5) is 11.2. The number of alkyl halides is 1. The highest BCUT2D eigenvalue weighted by Gasteiger charge is 2.16. The van der Waals surface area contributed by atoms with Crippen molar-refractivity contribution in [2.45, 2.75) is 18.4 Å². The van der Waals surface area contributed by atoms with Gasteiger partial charge >= 0.3 is 0 Å². The number of phenols is 1. The molecule has 0 fully saturated rings. The van der Waals surface area contributed by atoms with Crippen LogP contribution in [0.25, 0.3) is 0 Å². The van der Waals surface area contributed by atoms with Crippen LogP contribution < -0.4 is 0 Å². The lowest BCUT2D eigenvalue weighted by Gasteiger charge is -2.06.